The zero-order valence-electron chi connectivity index (χ0n) is 20.7. The molecule has 1 aliphatic rings. The van der Waals surface area contributed by atoms with Gasteiger partial charge < -0.3 is 24.5 Å². The average Bonchev–Trinajstić information content (AvgIpc) is 3.62. The molecule has 1 heterocycles. The summed E-state index contributed by atoms with van der Waals surface area (Å²) >= 11 is 0. The van der Waals surface area contributed by atoms with E-state index in [1.54, 1.807) is 6.07 Å². The van der Waals surface area contributed by atoms with Crippen molar-refractivity contribution < 1.29 is 36.8 Å². The number of halogens is 1. The zero-order chi connectivity index (χ0) is 26.7. The number of benzene rings is 2. The number of hydrogen-bond acceptors (Lipinski definition) is 7. The molecule has 2 aromatic carbocycles. The molecular formula is C25H30BFN2O7S. The normalized spacial score (nSPS) is 13.6. The van der Waals surface area contributed by atoms with Crippen molar-refractivity contribution in [3.8, 4) is 11.3 Å². The minimum Gasteiger partial charge on any atom is -0.455 e. The van der Waals surface area contributed by atoms with E-state index in [4.69, 9.17) is 19.2 Å². The molecule has 0 saturated heterocycles. The molecule has 0 atom stereocenters. The van der Waals surface area contributed by atoms with E-state index in [-0.39, 0.29) is 43.7 Å². The largest absolute Gasteiger partial charge is 0.455 e. The first-order chi connectivity index (χ1) is 17.6. The van der Waals surface area contributed by atoms with E-state index in [0.717, 1.165) is 24.7 Å². The maximum Gasteiger partial charge on any atom is 0.451 e. The second-order valence-electron chi connectivity index (χ2n) is 9.14. The Balaban J connectivity index is 1.75. The highest BCUT2D eigenvalue weighted by Gasteiger charge is 2.33. The Morgan fingerprint density at radius 3 is 2.51 bits per heavy atom. The number of carbonyl (C=O) groups excluding carboxylic acids is 1. The van der Waals surface area contributed by atoms with Crippen molar-refractivity contribution in [2.45, 2.75) is 31.5 Å². The molecule has 1 aliphatic carbocycles. The summed E-state index contributed by atoms with van der Waals surface area (Å²) in [6.45, 7) is 0.428. The molecule has 0 unspecified atom stereocenters. The van der Waals surface area contributed by atoms with Gasteiger partial charge in [0.1, 0.15) is 17.2 Å². The standard InChI is InChI=1S/C25H30BFN2O7S/c1-28-25(30)23-20-14-19(16-4-5-16)21(15-22(20)36-24(23)17-6-8-18(27)9-7-17)29(37(2,33)34)11-13-35-12-3-10-26(31)32/h6-9,14-16,31-32H,3-5,10-13H2,1-2H3,(H,28,30). The third kappa shape index (κ3) is 6.32. The van der Waals surface area contributed by atoms with Crippen LogP contribution in [-0.4, -0.2) is 64.6 Å². The molecule has 3 N–H and O–H groups in total. The molecular weight excluding hydrogens is 502 g/mol. The van der Waals surface area contributed by atoms with Gasteiger partial charge in [-0.1, -0.05) is 0 Å². The van der Waals surface area contributed by atoms with Gasteiger partial charge in [0.15, 0.2) is 0 Å². The number of hydrogen-bond donors (Lipinski definition) is 3. The number of furan rings is 1. The fraction of sp³-hybridized carbons (Fsp3) is 0.400. The van der Waals surface area contributed by atoms with Crippen molar-refractivity contribution in [3.05, 3.63) is 53.3 Å². The molecule has 0 spiro atoms. The summed E-state index contributed by atoms with van der Waals surface area (Å²) in [6.07, 6.45) is 3.51. The first-order valence-corrected chi connectivity index (χ1v) is 13.9. The van der Waals surface area contributed by atoms with Crippen LogP contribution in [0.3, 0.4) is 0 Å². The van der Waals surface area contributed by atoms with E-state index in [2.05, 4.69) is 5.32 Å². The van der Waals surface area contributed by atoms with Crippen LogP contribution in [0.2, 0.25) is 6.32 Å². The highest BCUT2D eigenvalue weighted by molar-refractivity contribution is 7.92. The van der Waals surface area contributed by atoms with Crippen molar-refractivity contribution in [1.82, 2.24) is 5.32 Å². The Kier molecular flexibility index (Phi) is 8.22. The third-order valence-corrected chi connectivity index (χ3v) is 7.45. The number of sulfonamides is 1. The lowest BCUT2D eigenvalue weighted by Crippen LogP contribution is -2.34. The van der Waals surface area contributed by atoms with Crippen LogP contribution < -0.4 is 9.62 Å². The van der Waals surface area contributed by atoms with E-state index in [9.17, 15) is 17.6 Å². The average molecular weight is 532 g/mol. The van der Waals surface area contributed by atoms with Crippen molar-refractivity contribution in [1.29, 1.82) is 0 Å². The molecule has 1 amide bonds. The van der Waals surface area contributed by atoms with Gasteiger partial charge in [-0.15, -0.1) is 0 Å². The molecule has 12 heteroatoms. The van der Waals surface area contributed by atoms with Gasteiger partial charge in [0, 0.05) is 30.7 Å². The molecule has 1 aromatic heterocycles. The number of anilines is 1. The van der Waals surface area contributed by atoms with Gasteiger partial charge in [-0.2, -0.15) is 0 Å². The van der Waals surface area contributed by atoms with Gasteiger partial charge in [-0.25, -0.2) is 12.8 Å². The number of nitrogens with one attached hydrogen (secondary N) is 1. The molecule has 0 aliphatic heterocycles. The Labute approximate surface area is 215 Å². The highest BCUT2D eigenvalue weighted by atomic mass is 32.2. The van der Waals surface area contributed by atoms with Crippen LogP contribution in [-0.2, 0) is 14.8 Å². The Hall–Kier alpha value is -2.93. The number of ether oxygens (including phenoxy) is 1. The van der Waals surface area contributed by atoms with Crippen molar-refractivity contribution >= 4 is 39.7 Å². The quantitative estimate of drug-likeness (QED) is 0.242. The van der Waals surface area contributed by atoms with E-state index < -0.39 is 23.0 Å². The minimum absolute atomic E-state index is 0.0551. The first-order valence-electron chi connectivity index (χ1n) is 12.1. The summed E-state index contributed by atoms with van der Waals surface area (Å²) in [5.74, 6) is -0.363. The summed E-state index contributed by atoms with van der Waals surface area (Å²) in [5, 5.41) is 21.1. The Morgan fingerprint density at radius 2 is 1.92 bits per heavy atom. The molecule has 9 nitrogen and oxygen atoms in total. The maximum atomic E-state index is 13.5. The van der Waals surface area contributed by atoms with Gasteiger partial charge in [0.25, 0.3) is 5.91 Å². The minimum atomic E-state index is -3.69. The number of amides is 1. The van der Waals surface area contributed by atoms with Gasteiger partial charge >= 0.3 is 7.12 Å². The lowest BCUT2D eigenvalue weighted by Gasteiger charge is -2.25. The molecule has 4 rings (SSSR count). The summed E-state index contributed by atoms with van der Waals surface area (Å²) in [5.41, 5.74) is 2.43. The second kappa shape index (κ2) is 11.2. The predicted molar refractivity (Wildman–Crippen MR) is 140 cm³/mol. The smallest absolute Gasteiger partial charge is 0.451 e. The Bertz CT molecular complexity index is 1370. The van der Waals surface area contributed by atoms with Gasteiger partial charge in [0.2, 0.25) is 10.0 Å². The Morgan fingerprint density at radius 1 is 1.22 bits per heavy atom. The zero-order valence-corrected chi connectivity index (χ0v) is 21.6. The molecule has 1 fully saturated rings. The summed E-state index contributed by atoms with van der Waals surface area (Å²) in [4.78, 5) is 12.9. The van der Waals surface area contributed by atoms with Crippen LogP contribution in [0, 0.1) is 5.82 Å². The number of carbonyl (C=O) groups is 1. The van der Waals surface area contributed by atoms with Crippen LogP contribution in [0.25, 0.3) is 22.3 Å². The molecule has 0 radical (unpaired) electrons. The lowest BCUT2D eigenvalue weighted by molar-refractivity contribution is 0.0964. The van der Waals surface area contributed by atoms with Crippen molar-refractivity contribution in [3.63, 3.8) is 0 Å². The summed E-state index contributed by atoms with van der Waals surface area (Å²) in [6, 6.07) is 9.08. The number of rotatable bonds is 12. The van der Waals surface area contributed by atoms with Crippen LogP contribution in [0.4, 0.5) is 10.1 Å². The van der Waals surface area contributed by atoms with Gasteiger partial charge in [-0.3, -0.25) is 9.10 Å². The van der Waals surface area contributed by atoms with Crippen molar-refractivity contribution in [2.75, 3.05) is 37.4 Å². The molecule has 198 valence electrons. The topological polar surface area (TPSA) is 129 Å². The second-order valence-corrected chi connectivity index (χ2v) is 11.1. The fourth-order valence-electron chi connectivity index (χ4n) is 4.32. The van der Waals surface area contributed by atoms with Crippen LogP contribution in [0.15, 0.2) is 40.8 Å². The first kappa shape index (κ1) is 27.1. The van der Waals surface area contributed by atoms with E-state index >= 15 is 0 Å². The molecule has 1 saturated carbocycles. The van der Waals surface area contributed by atoms with Crippen LogP contribution in [0.1, 0.15) is 41.1 Å². The summed E-state index contributed by atoms with van der Waals surface area (Å²) < 4.78 is 52.1. The lowest BCUT2D eigenvalue weighted by atomic mass is 9.85. The van der Waals surface area contributed by atoms with E-state index in [1.807, 2.05) is 6.07 Å². The highest BCUT2D eigenvalue weighted by Crippen LogP contribution is 2.48. The van der Waals surface area contributed by atoms with Gasteiger partial charge in [-0.05, 0) is 67.4 Å². The van der Waals surface area contributed by atoms with Gasteiger partial charge in [0.05, 0.1) is 30.7 Å². The molecule has 0 bridgehead atoms. The SMILES string of the molecule is CNC(=O)c1c(-c2ccc(F)cc2)oc2cc(N(CCOCCCB(O)O)S(C)(=O)=O)c(C3CC3)cc12. The maximum absolute atomic E-state index is 13.5. The molecule has 3 aromatic rings. The summed E-state index contributed by atoms with van der Waals surface area (Å²) in [7, 11) is -3.59. The molecule has 37 heavy (non-hydrogen) atoms. The number of fused-ring (bicyclic) bond motifs is 1. The predicted octanol–water partition coefficient (Wildman–Crippen LogP) is 3.12. The fourth-order valence-corrected chi connectivity index (χ4v) is 5.25. The van der Waals surface area contributed by atoms with Crippen LogP contribution >= 0.6 is 0 Å². The van der Waals surface area contributed by atoms with E-state index in [0.29, 0.717) is 34.2 Å². The van der Waals surface area contributed by atoms with Crippen LogP contribution in [0.5, 0.6) is 0 Å². The van der Waals surface area contributed by atoms with E-state index in [1.165, 1.54) is 35.6 Å². The van der Waals surface area contributed by atoms with Crippen molar-refractivity contribution in [2.24, 2.45) is 0 Å². The third-order valence-electron chi connectivity index (χ3n) is 6.27. The monoisotopic (exact) mass is 532 g/mol. The number of nitrogens with zero attached hydrogens (tertiary/aromatic N) is 1.